The molecule has 2 aliphatic rings. The summed E-state index contributed by atoms with van der Waals surface area (Å²) in [4.78, 5) is 19.1. The summed E-state index contributed by atoms with van der Waals surface area (Å²) in [6, 6.07) is 0.334. The summed E-state index contributed by atoms with van der Waals surface area (Å²) < 4.78 is 7.22. The Balaban J connectivity index is 1.61. The zero-order chi connectivity index (χ0) is 17.8. The Hall–Kier alpha value is -1.44. The van der Waals surface area contributed by atoms with Gasteiger partial charge in [0.15, 0.2) is 0 Å². The maximum atomic E-state index is 12.6. The highest BCUT2D eigenvalue weighted by Crippen LogP contribution is 2.35. The molecule has 3 heterocycles. The highest BCUT2D eigenvalue weighted by molar-refractivity contribution is 5.78. The summed E-state index contributed by atoms with van der Waals surface area (Å²) >= 11 is 0. The lowest BCUT2D eigenvalue weighted by Crippen LogP contribution is -2.46. The van der Waals surface area contributed by atoms with E-state index in [1.54, 1.807) is 0 Å². The number of nitrogens with zero attached hydrogens (tertiary/aromatic N) is 5. The lowest BCUT2D eigenvalue weighted by Gasteiger charge is -2.40. The summed E-state index contributed by atoms with van der Waals surface area (Å²) in [6.07, 6.45) is 6.41. The van der Waals surface area contributed by atoms with Gasteiger partial charge in [-0.15, -0.1) is 0 Å². The van der Waals surface area contributed by atoms with E-state index in [-0.39, 0.29) is 5.91 Å². The normalized spacial score (nSPS) is 25.9. The maximum Gasteiger partial charge on any atom is 0.236 e. The van der Waals surface area contributed by atoms with Crippen molar-refractivity contribution in [3.8, 4) is 0 Å². The van der Waals surface area contributed by atoms with Crippen LogP contribution in [-0.4, -0.2) is 90.4 Å². The van der Waals surface area contributed by atoms with Crippen LogP contribution in [0.15, 0.2) is 12.4 Å². The summed E-state index contributed by atoms with van der Waals surface area (Å²) in [6.45, 7) is 5.56. The van der Waals surface area contributed by atoms with Crippen molar-refractivity contribution >= 4 is 5.91 Å². The smallest absolute Gasteiger partial charge is 0.236 e. The van der Waals surface area contributed by atoms with Crippen LogP contribution in [0.4, 0.5) is 0 Å². The Kier molecular flexibility index (Phi) is 6.09. The molecule has 1 aromatic rings. The van der Waals surface area contributed by atoms with Crippen molar-refractivity contribution in [2.45, 2.75) is 18.9 Å². The summed E-state index contributed by atoms with van der Waals surface area (Å²) in [5.74, 6) is 0.654. The van der Waals surface area contributed by atoms with Crippen molar-refractivity contribution < 1.29 is 9.53 Å². The first-order valence-corrected chi connectivity index (χ1v) is 9.27. The number of amides is 1. The third-order valence-electron chi connectivity index (χ3n) is 5.47. The molecule has 1 aromatic heterocycles. The maximum absolute atomic E-state index is 12.6. The lowest BCUT2D eigenvalue weighted by molar-refractivity contribution is -0.133. The monoisotopic (exact) mass is 349 g/mol. The van der Waals surface area contributed by atoms with Crippen LogP contribution in [0.5, 0.6) is 0 Å². The van der Waals surface area contributed by atoms with Gasteiger partial charge in [0.05, 0.1) is 26.0 Å². The van der Waals surface area contributed by atoms with Crippen LogP contribution in [0.3, 0.4) is 0 Å². The Bertz CT molecular complexity index is 570. The Labute approximate surface area is 150 Å². The van der Waals surface area contributed by atoms with Crippen LogP contribution in [0.2, 0.25) is 0 Å². The molecular weight excluding hydrogens is 318 g/mol. The van der Waals surface area contributed by atoms with Gasteiger partial charge in [-0.1, -0.05) is 0 Å². The minimum absolute atomic E-state index is 0.208. The second-order valence-corrected chi connectivity index (χ2v) is 7.44. The average Bonchev–Trinajstić information content (AvgIpc) is 3.01. The molecule has 2 atom stereocenters. The number of hydrogen-bond donors (Lipinski definition) is 0. The van der Waals surface area contributed by atoms with Gasteiger partial charge in [0, 0.05) is 51.5 Å². The van der Waals surface area contributed by atoms with Gasteiger partial charge in [0.1, 0.15) is 0 Å². The first-order chi connectivity index (χ1) is 12.0. The molecule has 25 heavy (non-hydrogen) atoms. The van der Waals surface area contributed by atoms with Gasteiger partial charge in [-0.05, 0) is 32.4 Å². The van der Waals surface area contributed by atoms with Crippen molar-refractivity contribution in [2.75, 3.05) is 60.0 Å². The Morgan fingerprint density at radius 3 is 2.76 bits per heavy atom. The van der Waals surface area contributed by atoms with Gasteiger partial charge in [-0.2, -0.15) is 5.10 Å². The van der Waals surface area contributed by atoms with Crippen LogP contribution < -0.4 is 0 Å². The third kappa shape index (κ3) is 4.59. The van der Waals surface area contributed by atoms with E-state index >= 15 is 0 Å². The van der Waals surface area contributed by atoms with Gasteiger partial charge < -0.3 is 9.64 Å². The van der Waals surface area contributed by atoms with E-state index in [0.29, 0.717) is 18.5 Å². The predicted octanol–water partition coefficient (Wildman–Crippen LogP) is 0.594. The minimum Gasteiger partial charge on any atom is -0.379 e. The molecule has 140 valence electrons. The predicted molar refractivity (Wildman–Crippen MR) is 96.2 cm³/mol. The molecule has 2 fully saturated rings. The van der Waals surface area contributed by atoms with E-state index in [1.165, 1.54) is 12.0 Å². The fourth-order valence-electron chi connectivity index (χ4n) is 4.10. The molecule has 7 heteroatoms. The molecule has 0 spiro atoms. The number of likely N-dealkylation sites (N-methyl/N-ethyl adjacent to an activating group) is 1. The number of hydrogen-bond acceptors (Lipinski definition) is 5. The Morgan fingerprint density at radius 1 is 1.32 bits per heavy atom. The molecule has 2 saturated heterocycles. The van der Waals surface area contributed by atoms with Gasteiger partial charge in [0.25, 0.3) is 0 Å². The van der Waals surface area contributed by atoms with Crippen LogP contribution in [0.1, 0.15) is 24.4 Å². The molecule has 0 radical (unpaired) electrons. The molecule has 0 bridgehead atoms. The first kappa shape index (κ1) is 18.4. The first-order valence-electron chi connectivity index (χ1n) is 9.27. The molecule has 3 rings (SSSR count). The number of carbonyl (C=O) groups excluding carboxylic acids is 1. The van der Waals surface area contributed by atoms with Crippen LogP contribution in [-0.2, 0) is 16.6 Å². The molecule has 1 amide bonds. The number of rotatable bonds is 5. The number of morpholine rings is 1. The van der Waals surface area contributed by atoms with Gasteiger partial charge in [-0.25, -0.2) is 0 Å². The van der Waals surface area contributed by atoms with E-state index in [9.17, 15) is 4.79 Å². The Morgan fingerprint density at radius 2 is 2.08 bits per heavy atom. The van der Waals surface area contributed by atoms with Crippen LogP contribution in [0, 0.1) is 5.92 Å². The summed E-state index contributed by atoms with van der Waals surface area (Å²) in [5.41, 5.74) is 1.25. The van der Waals surface area contributed by atoms with E-state index in [0.717, 1.165) is 45.8 Å². The van der Waals surface area contributed by atoms with Gasteiger partial charge in [-0.3, -0.25) is 19.3 Å². The average molecular weight is 349 g/mol. The van der Waals surface area contributed by atoms with E-state index in [2.05, 4.69) is 28.1 Å². The fourth-order valence-corrected chi connectivity index (χ4v) is 4.10. The number of aryl methyl sites for hydroxylation is 1. The molecule has 0 saturated carbocycles. The lowest BCUT2D eigenvalue weighted by atomic mass is 9.85. The SMILES string of the molecule is CN(C[C@@H]1CCCN(C)[C@H]1c1cnn(C)c1)C(=O)CN1CCOCC1. The highest BCUT2D eigenvalue weighted by Gasteiger charge is 2.33. The minimum atomic E-state index is 0.208. The van der Waals surface area contributed by atoms with Gasteiger partial charge in [0.2, 0.25) is 5.91 Å². The van der Waals surface area contributed by atoms with Crippen molar-refractivity contribution in [3.63, 3.8) is 0 Å². The zero-order valence-electron chi connectivity index (χ0n) is 15.7. The number of ether oxygens (including phenoxy) is 1. The number of aromatic nitrogens is 2. The van der Waals surface area contributed by atoms with Crippen molar-refractivity contribution in [1.29, 1.82) is 0 Å². The fraction of sp³-hybridized carbons (Fsp3) is 0.778. The molecule has 0 N–H and O–H groups in total. The quantitative estimate of drug-likeness (QED) is 0.779. The van der Waals surface area contributed by atoms with E-state index in [1.807, 2.05) is 29.9 Å². The van der Waals surface area contributed by atoms with Crippen molar-refractivity contribution in [1.82, 2.24) is 24.5 Å². The van der Waals surface area contributed by atoms with Crippen LogP contribution in [0.25, 0.3) is 0 Å². The van der Waals surface area contributed by atoms with Crippen molar-refractivity contribution in [2.24, 2.45) is 13.0 Å². The number of carbonyl (C=O) groups is 1. The zero-order valence-corrected chi connectivity index (χ0v) is 15.7. The molecule has 0 aromatic carbocycles. The van der Waals surface area contributed by atoms with E-state index in [4.69, 9.17) is 4.74 Å². The summed E-state index contributed by atoms with van der Waals surface area (Å²) in [7, 11) is 6.08. The van der Waals surface area contributed by atoms with Crippen molar-refractivity contribution in [3.05, 3.63) is 18.0 Å². The second kappa shape index (κ2) is 8.29. The topological polar surface area (TPSA) is 53.8 Å². The summed E-state index contributed by atoms with van der Waals surface area (Å²) in [5, 5.41) is 4.34. The molecule has 0 unspecified atom stereocenters. The third-order valence-corrected chi connectivity index (χ3v) is 5.47. The van der Waals surface area contributed by atoms with Gasteiger partial charge >= 0.3 is 0 Å². The molecule has 2 aliphatic heterocycles. The highest BCUT2D eigenvalue weighted by atomic mass is 16.5. The van der Waals surface area contributed by atoms with Crippen LogP contribution >= 0.6 is 0 Å². The largest absolute Gasteiger partial charge is 0.379 e. The molecular formula is C18H31N5O2. The second-order valence-electron chi connectivity index (χ2n) is 7.44. The van der Waals surface area contributed by atoms with E-state index < -0.39 is 0 Å². The number of likely N-dealkylation sites (tertiary alicyclic amines) is 1. The molecule has 0 aliphatic carbocycles. The standard InChI is InChI=1S/C18H31N5O2/c1-20-6-4-5-15(18(20)16-11-19-22(3)13-16)12-21(2)17(24)14-23-7-9-25-10-8-23/h11,13,15,18H,4-10,12,14H2,1-3H3/t15-,18+/m0/s1. The number of piperidine rings is 1. The molecule has 7 nitrogen and oxygen atoms in total.